The molecule has 0 radical (unpaired) electrons. The first-order chi connectivity index (χ1) is 12.0. The molecule has 2 aromatic rings. The van der Waals surface area contributed by atoms with Gasteiger partial charge < -0.3 is 5.11 Å². The van der Waals surface area contributed by atoms with Crippen molar-refractivity contribution in [3.8, 4) is 0 Å². The maximum absolute atomic E-state index is 11.7. The molecule has 2 aromatic carbocycles. The van der Waals surface area contributed by atoms with Crippen LogP contribution in [0.1, 0.15) is 43.5 Å². The molecule has 1 aliphatic heterocycles. The quantitative estimate of drug-likeness (QED) is 0.795. The van der Waals surface area contributed by atoms with Gasteiger partial charge >= 0.3 is 0 Å². The number of aliphatic hydroxyl groups is 1. The Hall–Kier alpha value is -1.90. The Bertz CT molecular complexity index is 643. The van der Waals surface area contributed by atoms with Gasteiger partial charge in [0.2, 0.25) is 0 Å². The highest BCUT2D eigenvalue weighted by Gasteiger charge is 2.52. The third-order valence-electron chi connectivity index (χ3n) is 6.16. The third-order valence-corrected chi connectivity index (χ3v) is 6.16. The van der Waals surface area contributed by atoms with Crippen LogP contribution in [0, 0.1) is 11.8 Å². The van der Waals surface area contributed by atoms with Crippen molar-refractivity contribution in [2.24, 2.45) is 11.8 Å². The van der Waals surface area contributed by atoms with E-state index in [9.17, 15) is 5.11 Å². The Morgan fingerprint density at radius 1 is 0.920 bits per heavy atom. The largest absolute Gasteiger partial charge is 0.389 e. The zero-order chi connectivity index (χ0) is 18.0. The Kier molecular flexibility index (Phi) is 5.12. The molecule has 0 amide bonds. The van der Waals surface area contributed by atoms with Crippen molar-refractivity contribution in [1.29, 1.82) is 0 Å². The van der Waals surface area contributed by atoms with Crippen LogP contribution < -0.4 is 0 Å². The van der Waals surface area contributed by atoms with Gasteiger partial charge in [-0.15, -0.1) is 6.58 Å². The number of hydrogen-bond donors (Lipinski definition) is 1. The summed E-state index contributed by atoms with van der Waals surface area (Å²) >= 11 is 0. The van der Waals surface area contributed by atoms with Gasteiger partial charge in [-0.1, -0.05) is 80.6 Å². The summed E-state index contributed by atoms with van der Waals surface area (Å²) in [5.74, 6) is 0.209. The molecule has 2 heteroatoms. The Labute approximate surface area is 151 Å². The standard InChI is InChI=1S/C23H29NO/c1-5-16-23(25)17(2)21(19-12-8-6-9-13-19)24(4)22(18(23)3)20-14-10-7-11-15-20/h5-15,17-18,21-22,25H,1,16H2,2-4H3/t17-,18-,21-,22-/m1/s1. The maximum Gasteiger partial charge on any atom is 0.0769 e. The van der Waals surface area contributed by atoms with Crippen molar-refractivity contribution >= 4 is 0 Å². The van der Waals surface area contributed by atoms with Crippen LogP contribution in [-0.2, 0) is 0 Å². The highest BCUT2D eigenvalue weighted by atomic mass is 16.3. The second kappa shape index (κ2) is 7.15. The van der Waals surface area contributed by atoms with Crippen LogP contribution in [0.15, 0.2) is 73.3 Å². The molecular weight excluding hydrogens is 306 g/mol. The summed E-state index contributed by atoms with van der Waals surface area (Å²) in [6.45, 7) is 8.26. The van der Waals surface area contributed by atoms with Crippen LogP contribution in [-0.4, -0.2) is 22.7 Å². The molecule has 1 fully saturated rings. The lowest BCUT2D eigenvalue weighted by Gasteiger charge is -2.56. The first kappa shape index (κ1) is 17.9. The fourth-order valence-electron chi connectivity index (χ4n) is 4.79. The molecule has 0 bridgehead atoms. The molecule has 1 heterocycles. The van der Waals surface area contributed by atoms with Crippen LogP contribution in [0.25, 0.3) is 0 Å². The van der Waals surface area contributed by atoms with E-state index in [0.29, 0.717) is 6.42 Å². The maximum atomic E-state index is 11.7. The normalized spacial score (nSPS) is 33.1. The summed E-state index contributed by atoms with van der Waals surface area (Å²) in [5, 5.41) is 11.7. The van der Waals surface area contributed by atoms with Gasteiger partial charge in [-0.3, -0.25) is 4.90 Å². The summed E-state index contributed by atoms with van der Waals surface area (Å²) in [6, 6.07) is 21.4. The lowest BCUT2D eigenvalue weighted by molar-refractivity contribution is -0.152. The minimum atomic E-state index is -0.782. The van der Waals surface area contributed by atoms with Gasteiger partial charge in [0.15, 0.2) is 0 Å². The van der Waals surface area contributed by atoms with E-state index < -0.39 is 5.60 Å². The van der Waals surface area contributed by atoms with E-state index in [1.165, 1.54) is 11.1 Å². The number of piperidine rings is 1. The summed E-state index contributed by atoms with van der Waals surface area (Å²) in [5.41, 5.74) is 1.73. The van der Waals surface area contributed by atoms with E-state index in [-0.39, 0.29) is 23.9 Å². The highest BCUT2D eigenvalue weighted by molar-refractivity contribution is 5.28. The molecule has 0 aromatic heterocycles. The van der Waals surface area contributed by atoms with Crippen LogP contribution in [0.5, 0.6) is 0 Å². The number of rotatable bonds is 4. The summed E-state index contributed by atoms with van der Waals surface area (Å²) in [4.78, 5) is 2.44. The minimum absolute atomic E-state index is 0.105. The molecule has 0 unspecified atom stereocenters. The molecule has 25 heavy (non-hydrogen) atoms. The fraction of sp³-hybridized carbons (Fsp3) is 0.391. The Balaban J connectivity index is 2.11. The SMILES string of the molecule is C=CCC1(O)[C@H](C)[C@H](c2ccccc2)N(C)[C@@H](c2ccccc2)[C@H]1C. The van der Waals surface area contributed by atoms with Crippen molar-refractivity contribution in [2.45, 2.75) is 38.0 Å². The van der Waals surface area contributed by atoms with E-state index >= 15 is 0 Å². The van der Waals surface area contributed by atoms with Gasteiger partial charge in [-0.2, -0.15) is 0 Å². The van der Waals surface area contributed by atoms with Gasteiger partial charge in [-0.05, 0) is 24.6 Å². The summed E-state index contributed by atoms with van der Waals surface area (Å²) in [6.07, 6.45) is 2.47. The lowest BCUT2D eigenvalue weighted by atomic mass is 9.64. The van der Waals surface area contributed by atoms with Gasteiger partial charge in [0.1, 0.15) is 0 Å². The highest BCUT2D eigenvalue weighted by Crippen LogP contribution is 2.53. The van der Waals surface area contributed by atoms with Crippen molar-refractivity contribution < 1.29 is 5.11 Å². The van der Waals surface area contributed by atoms with Crippen LogP contribution in [0.4, 0.5) is 0 Å². The Morgan fingerprint density at radius 3 is 1.68 bits per heavy atom. The summed E-state index contributed by atoms with van der Waals surface area (Å²) < 4.78 is 0. The smallest absolute Gasteiger partial charge is 0.0769 e. The molecule has 0 saturated carbocycles. The van der Waals surface area contributed by atoms with Gasteiger partial charge in [0.25, 0.3) is 0 Å². The molecule has 2 nitrogen and oxygen atoms in total. The first-order valence-electron chi connectivity index (χ1n) is 9.15. The van der Waals surface area contributed by atoms with Crippen molar-refractivity contribution in [1.82, 2.24) is 4.90 Å². The molecule has 4 atom stereocenters. The molecule has 1 saturated heterocycles. The van der Waals surface area contributed by atoms with Gasteiger partial charge in [-0.25, -0.2) is 0 Å². The van der Waals surface area contributed by atoms with E-state index in [4.69, 9.17) is 0 Å². The van der Waals surface area contributed by atoms with Gasteiger partial charge in [0, 0.05) is 23.9 Å². The van der Waals surface area contributed by atoms with E-state index in [1.807, 2.05) is 18.2 Å². The zero-order valence-electron chi connectivity index (χ0n) is 15.5. The monoisotopic (exact) mass is 335 g/mol. The van der Waals surface area contributed by atoms with Crippen LogP contribution in [0.2, 0.25) is 0 Å². The minimum Gasteiger partial charge on any atom is -0.389 e. The second-order valence-corrected chi connectivity index (χ2v) is 7.44. The first-order valence-corrected chi connectivity index (χ1v) is 9.15. The summed E-state index contributed by atoms with van der Waals surface area (Å²) in [7, 11) is 2.19. The van der Waals surface area contributed by atoms with Crippen molar-refractivity contribution in [2.75, 3.05) is 7.05 Å². The van der Waals surface area contributed by atoms with E-state index in [0.717, 1.165) is 0 Å². The molecule has 132 valence electrons. The average Bonchev–Trinajstić information content (AvgIpc) is 2.63. The average molecular weight is 335 g/mol. The number of likely N-dealkylation sites (tertiary alicyclic amines) is 1. The third kappa shape index (κ3) is 3.05. The van der Waals surface area contributed by atoms with E-state index in [1.54, 1.807) is 0 Å². The molecule has 1 N–H and O–H groups in total. The van der Waals surface area contributed by atoms with Crippen molar-refractivity contribution in [3.63, 3.8) is 0 Å². The van der Waals surface area contributed by atoms with Crippen molar-refractivity contribution in [3.05, 3.63) is 84.4 Å². The predicted octanol–water partition coefficient (Wildman–Crippen LogP) is 4.99. The second-order valence-electron chi connectivity index (χ2n) is 7.44. The fourth-order valence-corrected chi connectivity index (χ4v) is 4.79. The van der Waals surface area contributed by atoms with Crippen LogP contribution >= 0.6 is 0 Å². The van der Waals surface area contributed by atoms with Crippen LogP contribution in [0.3, 0.4) is 0 Å². The van der Waals surface area contributed by atoms with E-state index in [2.05, 4.69) is 80.9 Å². The molecular formula is C23H29NO. The molecule has 0 aliphatic carbocycles. The van der Waals surface area contributed by atoms with Gasteiger partial charge in [0.05, 0.1) is 5.60 Å². The lowest BCUT2D eigenvalue weighted by Crippen LogP contribution is -2.57. The molecule has 1 aliphatic rings. The number of benzene rings is 2. The topological polar surface area (TPSA) is 23.5 Å². The zero-order valence-corrected chi connectivity index (χ0v) is 15.5. The number of nitrogens with zero attached hydrogens (tertiary/aromatic N) is 1. The predicted molar refractivity (Wildman–Crippen MR) is 104 cm³/mol. The molecule has 0 spiro atoms. The molecule has 3 rings (SSSR count). The number of hydrogen-bond acceptors (Lipinski definition) is 2. The Morgan fingerprint density at radius 2 is 1.32 bits per heavy atom.